The minimum absolute atomic E-state index is 0.0713. The molecule has 3 aromatic rings. The van der Waals surface area contributed by atoms with Crippen LogP contribution in [-0.4, -0.2) is 53.4 Å². The molecule has 0 radical (unpaired) electrons. The second-order valence-electron chi connectivity index (χ2n) is 8.89. The van der Waals surface area contributed by atoms with Crippen LogP contribution in [0.15, 0.2) is 82.4 Å². The van der Waals surface area contributed by atoms with Gasteiger partial charge in [-0.25, -0.2) is 0 Å². The van der Waals surface area contributed by atoms with E-state index in [9.17, 15) is 4.79 Å². The number of aryl methyl sites for hydroxylation is 1. The normalized spacial score (nSPS) is 15.4. The van der Waals surface area contributed by atoms with Gasteiger partial charge in [0.2, 0.25) is 5.17 Å². The maximum atomic E-state index is 12.9. The van der Waals surface area contributed by atoms with Crippen LogP contribution in [0, 0.1) is 12.3 Å². The summed E-state index contributed by atoms with van der Waals surface area (Å²) in [6.45, 7) is 4.99. The second kappa shape index (κ2) is 12.9. The first-order valence-corrected chi connectivity index (χ1v) is 14.1. The van der Waals surface area contributed by atoms with Crippen molar-refractivity contribution in [1.82, 2.24) is 5.01 Å². The number of rotatable bonds is 11. The van der Waals surface area contributed by atoms with Crippen molar-refractivity contribution in [3.05, 3.63) is 88.5 Å². The van der Waals surface area contributed by atoms with Gasteiger partial charge in [-0.05, 0) is 73.6 Å². The van der Waals surface area contributed by atoms with E-state index in [0.717, 1.165) is 11.3 Å². The molecule has 0 aromatic heterocycles. The quantitative estimate of drug-likeness (QED) is 0.209. The van der Waals surface area contributed by atoms with Gasteiger partial charge in [0.25, 0.3) is 5.91 Å². The molecule has 11 heteroatoms. The number of benzene rings is 3. The van der Waals surface area contributed by atoms with Gasteiger partial charge in [-0.3, -0.25) is 10.2 Å². The molecule has 0 unspecified atom stereocenters. The number of hydrogen-bond acceptors (Lipinski definition) is 8. The van der Waals surface area contributed by atoms with Crippen molar-refractivity contribution in [3.8, 4) is 23.0 Å². The fraction of sp³-hybridized carbons (Fsp3) is 0.200. The molecule has 5 rings (SSSR count). The van der Waals surface area contributed by atoms with Gasteiger partial charge in [0.05, 0.1) is 17.2 Å². The first-order chi connectivity index (χ1) is 19.9. The molecule has 0 bridgehead atoms. The van der Waals surface area contributed by atoms with Crippen LogP contribution < -0.4 is 18.9 Å². The zero-order valence-corrected chi connectivity index (χ0v) is 24.0. The zero-order valence-electron chi connectivity index (χ0n) is 22.4. The highest BCUT2D eigenvalue weighted by molar-refractivity contribution is 8.27. The highest BCUT2D eigenvalue weighted by Crippen LogP contribution is 2.38. The lowest BCUT2D eigenvalue weighted by atomic mass is 10.1. The fourth-order valence-corrected chi connectivity index (χ4v) is 5.00. The molecular formula is C30H27ClN4O5S. The molecule has 1 amide bonds. The van der Waals surface area contributed by atoms with Gasteiger partial charge in [-0.2, -0.15) is 15.1 Å². The molecule has 0 saturated heterocycles. The van der Waals surface area contributed by atoms with Crippen LogP contribution in [0.2, 0.25) is 5.02 Å². The Labute approximate surface area is 246 Å². The van der Waals surface area contributed by atoms with Crippen LogP contribution in [0.4, 0.5) is 0 Å². The van der Waals surface area contributed by atoms with E-state index < -0.39 is 5.91 Å². The highest BCUT2D eigenvalue weighted by atomic mass is 35.5. The SMILES string of the molecule is CCOc1cc(/C=C2\C(=N)N3N=C(COc4ccccc4)SC3=NC2=O)cc(Cl)c1OCCOc1ccc(C)cc1. The molecule has 210 valence electrons. The molecule has 0 saturated carbocycles. The predicted octanol–water partition coefficient (Wildman–Crippen LogP) is 6.20. The molecule has 0 fully saturated rings. The number of amidine groups is 2. The Balaban J connectivity index is 1.28. The number of fused-ring (bicyclic) bond motifs is 1. The number of thioether (sulfide) groups is 1. The Hall–Kier alpha value is -4.28. The maximum Gasteiger partial charge on any atom is 0.283 e. The molecular weight excluding hydrogens is 564 g/mol. The van der Waals surface area contributed by atoms with Crippen LogP contribution in [0.3, 0.4) is 0 Å². The molecule has 2 aliphatic heterocycles. The summed E-state index contributed by atoms with van der Waals surface area (Å²) >= 11 is 7.77. The van der Waals surface area contributed by atoms with Crippen molar-refractivity contribution in [1.29, 1.82) is 5.41 Å². The highest BCUT2D eigenvalue weighted by Gasteiger charge is 2.36. The van der Waals surface area contributed by atoms with E-state index in [1.54, 1.807) is 18.2 Å². The van der Waals surface area contributed by atoms with Gasteiger partial charge in [-0.1, -0.05) is 47.5 Å². The monoisotopic (exact) mass is 590 g/mol. The van der Waals surface area contributed by atoms with Crippen LogP contribution in [0.5, 0.6) is 23.0 Å². The number of nitrogens with zero attached hydrogens (tertiary/aromatic N) is 3. The molecule has 3 aromatic carbocycles. The molecule has 9 nitrogen and oxygen atoms in total. The average Bonchev–Trinajstić information content (AvgIpc) is 3.38. The number of hydrazone groups is 1. The Bertz CT molecular complexity index is 1540. The summed E-state index contributed by atoms with van der Waals surface area (Å²) in [6, 6.07) is 20.4. The lowest BCUT2D eigenvalue weighted by Crippen LogP contribution is -2.35. The standard InChI is InChI=1S/C30H27ClN4O5S/c1-3-37-25-17-20(16-24(31)27(25)39-14-13-38-22-11-9-19(2)10-12-22)15-23-28(32)35-30(33-29(23)36)41-26(34-35)18-40-21-7-5-4-6-8-21/h4-12,15-17,32H,3,13-14,18H2,1-2H3/b23-15+,32-28?. The molecule has 0 aliphatic carbocycles. The molecule has 1 N–H and O–H groups in total. The van der Waals surface area contributed by atoms with E-state index in [2.05, 4.69) is 10.1 Å². The van der Waals surface area contributed by atoms with E-state index in [1.807, 2.05) is 68.4 Å². The van der Waals surface area contributed by atoms with Gasteiger partial charge >= 0.3 is 0 Å². The summed E-state index contributed by atoms with van der Waals surface area (Å²) in [7, 11) is 0. The van der Waals surface area contributed by atoms with E-state index in [-0.39, 0.29) is 24.6 Å². The first kappa shape index (κ1) is 28.3. The number of nitrogens with one attached hydrogen (secondary N) is 1. The third kappa shape index (κ3) is 6.90. The molecule has 2 heterocycles. The van der Waals surface area contributed by atoms with Crippen molar-refractivity contribution in [2.24, 2.45) is 10.1 Å². The predicted molar refractivity (Wildman–Crippen MR) is 162 cm³/mol. The number of halogens is 1. The van der Waals surface area contributed by atoms with Crippen molar-refractivity contribution >= 4 is 51.4 Å². The Morgan fingerprint density at radius 2 is 1.71 bits per heavy atom. The number of hydrogen-bond donors (Lipinski definition) is 1. The minimum Gasteiger partial charge on any atom is -0.490 e. The van der Waals surface area contributed by atoms with Gasteiger partial charge in [0.1, 0.15) is 36.4 Å². The lowest BCUT2D eigenvalue weighted by molar-refractivity contribution is -0.114. The topological polar surface area (TPSA) is 106 Å². The van der Waals surface area contributed by atoms with E-state index in [1.165, 1.54) is 16.8 Å². The van der Waals surface area contributed by atoms with Crippen LogP contribution in [-0.2, 0) is 4.79 Å². The summed E-state index contributed by atoms with van der Waals surface area (Å²) in [5.41, 5.74) is 1.78. The zero-order chi connectivity index (χ0) is 28.8. The minimum atomic E-state index is -0.545. The summed E-state index contributed by atoms with van der Waals surface area (Å²) in [6.07, 6.45) is 1.54. The smallest absolute Gasteiger partial charge is 0.283 e. The number of para-hydroxylation sites is 1. The lowest BCUT2D eigenvalue weighted by Gasteiger charge is -2.20. The van der Waals surface area contributed by atoms with Crippen molar-refractivity contribution in [3.63, 3.8) is 0 Å². The third-order valence-electron chi connectivity index (χ3n) is 5.86. The largest absolute Gasteiger partial charge is 0.490 e. The average molecular weight is 591 g/mol. The van der Waals surface area contributed by atoms with E-state index >= 15 is 0 Å². The van der Waals surface area contributed by atoms with Crippen molar-refractivity contribution < 1.29 is 23.7 Å². The number of amides is 1. The van der Waals surface area contributed by atoms with Crippen molar-refractivity contribution in [2.45, 2.75) is 13.8 Å². The summed E-state index contributed by atoms with van der Waals surface area (Å²) in [5.74, 6) is 1.59. The summed E-state index contributed by atoms with van der Waals surface area (Å²) in [4.78, 5) is 17.0. The molecule has 2 aliphatic rings. The van der Waals surface area contributed by atoms with Gasteiger partial charge < -0.3 is 18.9 Å². The van der Waals surface area contributed by atoms with Gasteiger partial charge in [0.15, 0.2) is 17.3 Å². The number of ether oxygens (including phenoxy) is 4. The fourth-order valence-electron chi connectivity index (χ4n) is 3.93. The number of carbonyl (C=O) groups excluding carboxylic acids is 1. The number of aliphatic imine (C=N–C) groups is 1. The van der Waals surface area contributed by atoms with E-state index in [0.29, 0.717) is 51.3 Å². The van der Waals surface area contributed by atoms with Crippen LogP contribution in [0.1, 0.15) is 18.1 Å². The van der Waals surface area contributed by atoms with Gasteiger partial charge in [-0.15, -0.1) is 0 Å². The van der Waals surface area contributed by atoms with Crippen LogP contribution in [0.25, 0.3) is 6.08 Å². The second-order valence-corrected chi connectivity index (χ2v) is 10.3. The third-order valence-corrected chi connectivity index (χ3v) is 7.03. The van der Waals surface area contributed by atoms with Crippen LogP contribution >= 0.6 is 23.4 Å². The Kier molecular flexibility index (Phi) is 8.91. The van der Waals surface area contributed by atoms with Gasteiger partial charge in [0, 0.05) is 0 Å². The van der Waals surface area contributed by atoms with Crippen molar-refractivity contribution in [2.75, 3.05) is 26.4 Å². The molecule has 0 spiro atoms. The number of carbonyl (C=O) groups is 1. The molecule has 0 atom stereocenters. The summed E-state index contributed by atoms with van der Waals surface area (Å²) < 4.78 is 23.2. The Morgan fingerprint density at radius 3 is 2.46 bits per heavy atom. The molecule has 41 heavy (non-hydrogen) atoms. The Morgan fingerprint density at radius 1 is 0.976 bits per heavy atom. The first-order valence-electron chi connectivity index (χ1n) is 12.9. The summed E-state index contributed by atoms with van der Waals surface area (Å²) in [5, 5.41) is 15.6. The van der Waals surface area contributed by atoms with E-state index in [4.69, 9.17) is 36.0 Å². The maximum absolute atomic E-state index is 12.9.